The third-order valence-corrected chi connectivity index (χ3v) is 3.85. The summed E-state index contributed by atoms with van der Waals surface area (Å²) in [4.78, 5) is 11.3. The van der Waals surface area contributed by atoms with Gasteiger partial charge >= 0.3 is 5.97 Å². The second-order valence-electron chi connectivity index (χ2n) is 5.34. The van der Waals surface area contributed by atoms with Crippen LogP contribution in [0.3, 0.4) is 0 Å². The number of nitrogens with zero attached hydrogens (tertiary/aromatic N) is 1. The Balaban J connectivity index is 1.80. The maximum absolute atomic E-state index is 11.3. The molecular weight excluding hydrogens is 276 g/mol. The van der Waals surface area contributed by atoms with Gasteiger partial charge in [-0.1, -0.05) is 30.3 Å². The summed E-state index contributed by atoms with van der Waals surface area (Å²) in [6, 6.07) is 16.0. The highest BCUT2D eigenvalue weighted by Gasteiger charge is 2.20. The molecule has 0 saturated heterocycles. The molecule has 1 heterocycles. The van der Waals surface area contributed by atoms with Crippen LogP contribution in [0.5, 0.6) is 5.75 Å². The van der Waals surface area contributed by atoms with E-state index in [0.717, 1.165) is 22.3 Å². The number of rotatable bonds is 4. The van der Waals surface area contributed by atoms with Gasteiger partial charge in [-0.25, -0.2) is 0 Å². The number of fused-ring (bicyclic) bond motifs is 1. The van der Waals surface area contributed by atoms with Crippen molar-refractivity contribution in [2.45, 2.75) is 18.9 Å². The molecule has 2 aromatic rings. The van der Waals surface area contributed by atoms with Gasteiger partial charge in [-0.15, -0.1) is 0 Å². The summed E-state index contributed by atoms with van der Waals surface area (Å²) in [6.45, 7) is 0. The molecule has 0 aromatic heterocycles. The summed E-state index contributed by atoms with van der Waals surface area (Å²) in [5.74, 6) is 0.466. The molecule has 0 amide bonds. The van der Waals surface area contributed by atoms with Crippen LogP contribution in [-0.4, -0.2) is 19.1 Å². The van der Waals surface area contributed by atoms with Gasteiger partial charge in [0.25, 0.3) is 0 Å². The zero-order chi connectivity index (χ0) is 15.5. The number of likely N-dealkylation sites (N-methyl/N-ethyl adjacent to an activating group) is 1. The fraction of sp³-hybridized carbons (Fsp3) is 0.222. The Bertz CT molecular complexity index is 745. The number of hydrogen-bond acceptors (Lipinski definition) is 4. The highest BCUT2D eigenvalue weighted by Crippen LogP contribution is 2.31. The molecule has 0 spiro atoms. The summed E-state index contributed by atoms with van der Waals surface area (Å²) in [6.07, 6.45) is 1.02. The maximum Gasteiger partial charge on any atom is 0.315 e. The molecule has 4 nitrogen and oxygen atoms in total. The molecule has 110 valence electrons. The lowest BCUT2D eigenvalue weighted by molar-refractivity contribution is -0.131. The SMILES string of the molecule is CN[C@H](C#N)Cc1ccc(-c2ccc3c(c2)CC(=O)O3)cc1. The zero-order valence-corrected chi connectivity index (χ0v) is 12.3. The van der Waals surface area contributed by atoms with Crippen LogP contribution in [0.1, 0.15) is 11.1 Å². The summed E-state index contributed by atoms with van der Waals surface area (Å²) >= 11 is 0. The van der Waals surface area contributed by atoms with Gasteiger partial charge in [-0.3, -0.25) is 4.79 Å². The molecule has 22 heavy (non-hydrogen) atoms. The molecule has 0 bridgehead atoms. The first kappa shape index (κ1) is 14.3. The average Bonchev–Trinajstić information content (AvgIpc) is 2.92. The van der Waals surface area contributed by atoms with Crippen LogP contribution in [0.4, 0.5) is 0 Å². The van der Waals surface area contributed by atoms with Gasteiger partial charge in [-0.2, -0.15) is 5.26 Å². The zero-order valence-electron chi connectivity index (χ0n) is 12.3. The molecule has 2 aromatic carbocycles. The second-order valence-corrected chi connectivity index (χ2v) is 5.34. The number of ether oxygens (including phenoxy) is 1. The van der Waals surface area contributed by atoms with Gasteiger partial charge in [0, 0.05) is 12.0 Å². The van der Waals surface area contributed by atoms with Crippen molar-refractivity contribution in [2.75, 3.05) is 7.05 Å². The lowest BCUT2D eigenvalue weighted by Gasteiger charge is -2.09. The van der Waals surface area contributed by atoms with E-state index in [-0.39, 0.29) is 12.0 Å². The molecule has 0 unspecified atom stereocenters. The Morgan fingerprint density at radius 2 is 1.95 bits per heavy atom. The predicted molar refractivity (Wildman–Crippen MR) is 83.4 cm³/mol. The highest BCUT2D eigenvalue weighted by molar-refractivity contribution is 5.82. The molecule has 1 N–H and O–H groups in total. The lowest BCUT2D eigenvalue weighted by atomic mass is 9.99. The van der Waals surface area contributed by atoms with Crippen LogP contribution in [0.25, 0.3) is 11.1 Å². The van der Waals surface area contributed by atoms with Crippen LogP contribution in [0, 0.1) is 11.3 Å². The number of carbonyl (C=O) groups excluding carboxylic acids is 1. The van der Waals surface area contributed by atoms with Crippen molar-refractivity contribution in [1.82, 2.24) is 5.32 Å². The van der Waals surface area contributed by atoms with Crippen molar-refractivity contribution in [3.8, 4) is 22.9 Å². The van der Waals surface area contributed by atoms with E-state index in [1.54, 1.807) is 7.05 Å². The van der Waals surface area contributed by atoms with E-state index in [4.69, 9.17) is 10.00 Å². The summed E-state index contributed by atoms with van der Waals surface area (Å²) in [7, 11) is 1.79. The van der Waals surface area contributed by atoms with Crippen molar-refractivity contribution in [1.29, 1.82) is 5.26 Å². The molecule has 0 radical (unpaired) electrons. The minimum Gasteiger partial charge on any atom is -0.426 e. The number of hydrogen-bond donors (Lipinski definition) is 1. The quantitative estimate of drug-likeness (QED) is 0.694. The van der Waals surface area contributed by atoms with E-state index in [9.17, 15) is 4.79 Å². The summed E-state index contributed by atoms with van der Waals surface area (Å²) in [5, 5.41) is 12.0. The van der Waals surface area contributed by atoms with E-state index >= 15 is 0 Å². The number of esters is 1. The van der Waals surface area contributed by atoms with E-state index in [1.165, 1.54) is 0 Å². The first-order chi connectivity index (χ1) is 10.7. The van der Waals surface area contributed by atoms with Gasteiger partial charge in [0.2, 0.25) is 0 Å². The summed E-state index contributed by atoms with van der Waals surface area (Å²) in [5.41, 5.74) is 4.20. The standard InChI is InChI=1S/C18H16N2O2/c1-20-16(11-19)8-12-2-4-13(5-3-12)14-6-7-17-15(9-14)10-18(21)22-17/h2-7,9,16,20H,8,10H2,1H3/t16-/m0/s1. The third-order valence-electron chi connectivity index (χ3n) is 3.85. The molecule has 0 aliphatic carbocycles. The Morgan fingerprint density at radius 3 is 2.64 bits per heavy atom. The number of nitrogens with one attached hydrogen (secondary N) is 1. The highest BCUT2D eigenvalue weighted by atomic mass is 16.5. The fourth-order valence-corrected chi connectivity index (χ4v) is 2.59. The first-order valence-corrected chi connectivity index (χ1v) is 7.19. The number of benzene rings is 2. The minimum atomic E-state index is -0.197. The first-order valence-electron chi connectivity index (χ1n) is 7.19. The molecule has 0 saturated carbocycles. The lowest BCUT2D eigenvalue weighted by Crippen LogP contribution is -2.25. The van der Waals surface area contributed by atoms with Crippen LogP contribution >= 0.6 is 0 Å². The van der Waals surface area contributed by atoms with E-state index in [2.05, 4.69) is 11.4 Å². The van der Waals surface area contributed by atoms with Crippen molar-refractivity contribution in [3.05, 3.63) is 53.6 Å². The van der Waals surface area contributed by atoms with Gasteiger partial charge in [0.15, 0.2) is 0 Å². The Labute approximate surface area is 129 Å². The normalized spacial score (nSPS) is 14.1. The maximum atomic E-state index is 11.3. The van der Waals surface area contributed by atoms with Gasteiger partial charge in [0.05, 0.1) is 18.5 Å². The number of nitriles is 1. The van der Waals surface area contributed by atoms with Crippen molar-refractivity contribution in [3.63, 3.8) is 0 Å². The second kappa shape index (κ2) is 6.00. The number of carbonyl (C=O) groups is 1. The molecule has 1 aliphatic heterocycles. The predicted octanol–water partition coefficient (Wildman–Crippen LogP) is 2.47. The molecule has 3 rings (SSSR count). The monoisotopic (exact) mass is 292 g/mol. The Morgan fingerprint density at radius 1 is 1.23 bits per heavy atom. The minimum absolute atomic E-state index is 0.172. The van der Waals surface area contributed by atoms with Gasteiger partial charge in [-0.05, 0) is 35.9 Å². The molecule has 1 atom stereocenters. The molecule has 4 heteroatoms. The third kappa shape index (κ3) is 2.85. The van der Waals surface area contributed by atoms with Crippen LogP contribution in [-0.2, 0) is 17.6 Å². The molecule has 0 fully saturated rings. The van der Waals surface area contributed by atoms with Crippen LogP contribution in [0.15, 0.2) is 42.5 Å². The van der Waals surface area contributed by atoms with E-state index < -0.39 is 0 Å². The van der Waals surface area contributed by atoms with Crippen LogP contribution < -0.4 is 10.1 Å². The van der Waals surface area contributed by atoms with Crippen LogP contribution in [0.2, 0.25) is 0 Å². The smallest absolute Gasteiger partial charge is 0.315 e. The Kier molecular flexibility index (Phi) is 3.90. The Hall–Kier alpha value is -2.64. The van der Waals surface area contributed by atoms with Gasteiger partial charge in [0.1, 0.15) is 5.75 Å². The summed E-state index contributed by atoms with van der Waals surface area (Å²) < 4.78 is 5.11. The molecular formula is C18H16N2O2. The van der Waals surface area contributed by atoms with Crippen molar-refractivity contribution >= 4 is 5.97 Å². The van der Waals surface area contributed by atoms with Gasteiger partial charge < -0.3 is 10.1 Å². The van der Waals surface area contributed by atoms with E-state index in [1.807, 2.05) is 42.5 Å². The topological polar surface area (TPSA) is 62.1 Å². The van der Waals surface area contributed by atoms with E-state index in [0.29, 0.717) is 18.6 Å². The fourth-order valence-electron chi connectivity index (χ4n) is 2.59. The van der Waals surface area contributed by atoms with Crippen molar-refractivity contribution in [2.24, 2.45) is 0 Å². The average molecular weight is 292 g/mol. The largest absolute Gasteiger partial charge is 0.426 e. The molecule has 1 aliphatic rings. The van der Waals surface area contributed by atoms with Crippen molar-refractivity contribution < 1.29 is 9.53 Å².